The van der Waals surface area contributed by atoms with Crippen LogP contribution in [0.3, 0.4) is 0 Å². The van der Waals surface area contributed by atoms with E-state index in [0.717, 1.165) is 22.5 Å². The molecular formula is C19H22N2O2. The van der Waals surface area contributed by atoms with Gasteiger partial charge in [-0.2, -0.15) is 0 Å². The van der Waals surface area contributed by atoms with E-state index in [1.165, 1.54) is 6.92 Å². The van der Waals surface area contributed by atoms with Crippen molar-refractivity contribution in [2.24, 2.45) is 0 Å². The first-order valence-electron chi connectivity index (χ1n) is 7.67. The van der Waals surface area contributed by atoms with E-state index in [2.05, 4.69) is 5.32 Å². The van der Waals surface area contributed by atoms with Gasteiger partial charge < -0.3 is 10.2 Å². The zero-order chi connectivity index (χ0) is 16.8. The number of aryl methyl sites for hydroxylation is 2. The molecule has 0 aromatic heterocycles. The normalized spacial score (nSPS) is 10.2. The van der Waals surface area contributed by atoms with Gasteiger partial charge in [-0.3, -0.25) is 9.59 Å². The Morgan fingerprint density at radius 2 is 1.43 bits per heavy atom. The maximum Gasteiger partial charge on any atom is 0.226 e. The first-order chi connectivity index (χ1) is 11.0. The van der Waals surface area contributed by atoms with Gasteiger partial charge in [-0.05, 0) is 38.1 Å². The molecule has 0 unspecified atom stereocenters. The van der Waals surface area contributed by atoms with Crippen molar-refractivity contribution in [1.29, 1.82) is 0 Å². The molecule has 0 saturated heterocycles. The molecular weight excluding hydrogens is 288 g/mol. The lowest BCUT2D eigenvalue weighted by atomic mass is 10.2. The second-order valence-electron chi connectivity index (χ2n) is 5.67. The first-order valence-corrected chi connectivity index (χ1v) is 7.67. The maximum atomic E-state index is 12.1. The summed E-state index contributed by atoms with van der Waals surface area (Å²) in [5.74, 6) is -0.177. The molecule has 0 radical (unpaired) electrons. The van der Waals surface area contributed by atoms with Crippen molar-refractivity contribution < 1.29 is 9.59 Å². The molecule has 0 spiro atoms. The van der Waals surface area contributed by atoms with Gasteiger partial charge in [-0.25, -0.2) is 0 Å². The van der Waals surface area contributed by atoms with Gasteiger partial charge >= 0.3 is 0 Å². The van der Waals surface area contributed by atoms with E-state index in [4.69, 9.17) is 0 Å². The number of hydrogen-bond acceptors (Lipinski definition) is 2. The number of amides is 2. The molecule has 0 fully saturated rings. The second-order valence-corrected chi connectivity index (χ2v) is 5.67. The summed E-state index contributed by atoms with van der Waals surface area (Å²) < 4.78 is 0. The Kier molecular flexibility index (Phi) is 5.52. The van der Waals surface area contributed by atoms with E-state index >= 15 is 0 Å². The van der Waals surface area contributed by atoms with Crippen LogP contribution in [0.25, 0.3) is 0 Å². The largest absolute Gasteiger partial charge is 0.326 e. The fourth-order valence-corrected chi connectivity index (χ4v) is 2.27. The van der Waals surface area contributed by atoms with Gasteiger partial charge in [0.15, 0.2) is 0 Å². The summed E-state index contributed by atoms with van der Waals surface area (Å²) in [4.78, 5) is 25.5. The van der Waals surface area contributed by atoms with Gasteiger partial charge in [0.1, 0.15) is 0 Å². The SMILES string of the molecule is CC(=O)N(CCC(=O)Nc1ccc(C)cc1)c1ccc(C)cc1. The Morgan fingerprint density at radius 1 is 0.913 bits per heavy atom. The lowest BCUT2D eigenvalue weighted by Gasteiger charge is -2.21. The van der Waals surface area contributed by atoms with Gasteiger partial charge in [-0.1, -0.05) is 35.4 Å². The van der Waals surface area contributed by atoms with E-state index in [0.29, 0.717) is 6.54 Å². The monoisotopic (exact) mass is 310 g/mol. The molecule has 0 aliphatic heterocycles. The van der Waals surface area contributed by atoms with Crippen LogP contribution < -0.4 is 10.2 Å². The highest BCUT2D eigenvalue weighted by molar-refractivity contribution is 5.94. The number of nitrogens with zero attached hydrogens (tertiary/aromatic N) is 1. The molecule has 2 aromatic carbocycles. The third kappa shape index (κ3) is 4.95. The Balaban J connectivity index is 1.95. The third-order valence-electron chi connectivity index (χ3n) is 3.62. The molecule has 1 N–H and O–H groups in total. The van der Waals surface area contributed by atoms with Crippen LogP contribution in [0.5, 0.6) is 0 Å². The zero-order valence-electron chi connectivity index (χ0n) is 13.8. The molecule has 0 saturated carbocycles. The number of rotatable bonds is 5. The maximum absolute atomic E-state index is 12.1. The van der Waals surface area contributed by atoms with Gasteiger partial charge in [-0.15, -0.1) is 0 Å². The van der Waals surface area contributed by atoms with Crippen LogP contribution in [0, 0.1) is 13.8 Å². The number of hydrogen-bond donors (Lipinski definition) is 1. The van der Waals surface area contributed by atoms with Crippen LogP contribution in [-0.4, -0.2) is 18.4 Å². The molecule has 4 heteroatoms. The minimum Gasteiger partial charge on any atom is -0.326 e. The van der Waals surface area contributed by atoms with Gasteiger partial charge in [0.25, 0.3) is 0 Å². The third-order valence-corrected chi connectivity index (χ3v) is 3.62. The summed E-state index contributed by atoms with van der Waals surface area (Å²) >= 11 is 0. The number of nitrogens with one attached hydrogen (secondary N) is 1. The summed E-state index contributed by atoms with van der Waals surface area (Å²) in [5.41, 5.74) is 3.86. The molecule has 2 aromatic rings. The number of carbonyl (C=O) groups is 2. The van der Waals surface area contributed by atoms with Crippen LogP contribution in [0.2, 0.25) is 0 Å². The summed E-state index contributed by atoms with van der Waals surface area (Å²) in [6.45, 7) is 5.86. The molecule has 2 rings (SSSR count). The average molecular weight is 310 g/mol. The zero-order valence-corrected chi connectivity index (χ0v) is 13.8. The molecule has 0 aliphatic rings. The molecule has 0 bridgehead atoms. The smallest absolute Gasteiger partial charge is 0.226 e. The number of benzene rings is 2. The Morgan fingerprint density at radius 3 is 1.96 bits per heavy atom. The van der Waals surface area contributed by atoms with Crippen molar-refractivity contribution in [1.82, 2.24) is 0 Å². The second kappa shape index (κ2) is 7.58. The van der Waals surface area contributed by atoms with Crippen LogP contribution in [0.1, 0.15) is 24.5 Å². The topological polar surface area (TPSA) is 49.4 Å². The van der Waals surface area contributed by atoms with Crippen molar-refractivity contribution in [3.63, 3.8) is 0 Å². The molecule has 4 nitrogen and oxygen atoms in total. The number of anilines is 2. The van der Waals surface area contributed by atoms with Crippen molar-refractivity contribution in [2.75, 3.05) is 16.8 Å². The fourth-order valence-electron chi connectivity index (χ4n) is 2.27. The molecule has 0 aliphatic carbocycles. The van der Waals surface area contributed by atoms with Crippen LogP contribution in [-0.2, 0) is 9.59 Å². The summed E-state index contributed by atoms with van der Waals surface area (Å²) in [6, 6.07) is 15.3. The number of carbonyl (C=O) groups excluding carboxylic acids is 2. The van der Waals surface area contributed by atoms with Crippen molar-refractivity contribution in [3.8, 4) is 0 Å². The lowest BCUT2D eigenvalue weighted by molar-refractivity contribution is -0.117. The quantitative estimate of drug-likeness (QED) is 0.915. The van der Waals surface area contributed by atoms with Gasteiger partial charge in [0.05, 0.1) is 0 Å². The van der Waals surface area contributed by atoms with E-state index in [1.807, 2.05) is 62.4 Å². The van der Waals surface area contributed by atoms with E-state index in [1.54, 1.807) is 4.90 Å². The van der Waals surface area contributed by atoms with Crippen molar-refractivity contribution >= 4 is 23.2 Å². The molecule has 120 valence electrons. The lowest BCUT2D eigenvalue weighted by Crippen LogP contribution is -2.31. The van der Waals surface area contributed by atoms with E-state index < -0.39 is 0 Å². The van der Waals surface area contributed by atoms with Crippen LogP contribution in [0.4, 0.5) is 11.4 Å². The predicted molar refractivity (Wildman–Crippen MR) is 93.6 cm³/mol. The van der Waals surface area contributed by atoms with Gasteiger partial charge in [0, 0.05) is 31.3 Å². The highest BCUT2D eigenvalue weighted by Gasteiger charge is 2.13. The minimum absolute atomic E-state index is 0.0722. The molecule has 0 atom stereocenters. The predicted octanol–water partition coefficient (Wildman–Crippen LogP) is 3.69. The van der Waals surface area contributed by atoms with Crippen molar-refractivity contribution in [2.45, 2.75) is 27.2 Å². The molecule has 23 heavy (non-hydrogen) atoms. The van der Waals surface area contributed by atoms with Gasteiger partial charge in [0.2, 0.25) is 11.8 Å². The summed E-state index contributed by atoms with van der Waals surface area (Å²) in [7, 11) is 0. The van der Waals surface area contributed by atoms with E-state index in [9.17, 15) is 9.59 Å². The Bertz CT molecular complexity index is 676. The van der Waals surface area contributed by atoms with Crippen LogP contribution in [0.15, 0.2) is 48.5 Å². The summed E-state index contributed by atoms with van der Waals surface area (Å²) in [6.07, 6.45) is 0.251. The fraction of sp³-hybridized carbons (Fsp3) is 0.263. The molecule has 2 amide bonds. The minimum atomic E-state index is -0.104. The van der Waals surface area contributed by atoms with E-state index in [-0.39, 0.29) is 18.2 Å². The Hall–Kier alpha value is -2.62. The molecule has 0 heterocycles. The Labute approximate surface area is 137 Å². The average Bonchev–Trinajstić information content (AvgIpc) is 2.51. The van der Waals surface area contributed by atoms with Crippen molar-refractivity contribution in [3.05, 3.63) is 59.7 Å². The summed E-state index contributed by atoms with van der Waals surface area (Å²) in [5, 5.41) is 2.85. The first kappa shape index (κ1) is 16.7. The highest BCUT2D eigenvalue weighted by atomic mass is 16.2. The van der Waals surface area contributed by atoms with Crippen LogP contribution >= 0.6 is 0 Å². The standard InChI is InChI=1S/C19H22N2O2/c1-14-4-8-17(9-5-14)20-19(23)12-13-21(16(3)22)18-10-6-15(2)7-11-18/h4-11H,12-13H2,1-3H3,(H,20,23). The highest BCUT2D eigenvalue weighted by Crippen LogP contribution is 2.16.